The van der Waals surface area contributed by atoms with Gasteiger partial charge in [0.25, 0.3) is 0 Å². The molecule has 2 aromatic rings. The molecule has 142 valence electrons. The molecular formula is C20H24N4O2S. The summed E-state index contributed by atoms with van der Waals surface area (Å²) in [6, 6.07) is 7.83. The van der Waals surface area contributed by atoms with Gasteiger partial charge in [-0.25, -0.2) is 4.98 Å². The number of imidazole rings is 1. The fourth-order valence-corrected chi connectivity index (χ4v) is 4.16. The standard InChI is InChI=1S/C20H24N4O2S/c1-23-13-10-21-20(23)27-17-6-4-16(5-7-17)22-18(25)14-8-11-24(12-9-14)19(26)15-2-3-15/h4-7,10,13-15H,2-3,8-9,11-12H2,1H3,(H,22,25). The van der Waals surface area contributed by atoms with Crippen LogP contribution in [0.5, 0.6) is 0 Å². The van der Waals surface area contributed by atoms with Crippen LogP contribution in [0.15, 0.2) is 46.7 Å². The fraction of sp³-hybridized carbons (Fsp3) is 0.450. The van der Waals surface area contributed by atoms with Crippen molar-refractivity contribution < 1.29 is 9.59 Å². The zero-order chi connectivity index (χ0) is 18.8. The van der Waals surface area contributed by atoms with Crippen LogP contribution in [0.2, 0.25) is 0 Å². The summed E-state index contributed by atoms with van der Waals surface area (Å²) >= 11 is 1.59. The Kier molecular flexibility index (Phi) is 5.20. The first-order valence-electron chi connectivity index (χ1n) is 9.45. The lowest BCUT2D eigenvalue weighted by molar-refractivity contribution is -0.135. The molecule has 0 unspecified atom stereocenters. The average molecular weight is 385 g/mol. The van der Waals surface area contributed by atoms with Crippen LogP contribution in [-0.4, -0.2) is 39.4 Å². The minimum atomic E-state index is -0.0186. The summed E-state index contributed by atoms with van der Waals surface area (Å²) in [6.07, 6.45) is 7.26. The van der Waals surface area contributed by atoms with Gasteiger partial charge in [-0.1, -0.05) is 11.8 Å². The van der Waals surface area contributed by atoms with E-state index in [4.69, 9.17) is 0 Å². The molecule has 4 rings (SSSR count). The monoisotopic (exact) mass is 384 g/mol. The summed E-state index contributed by atoms with van der Waals surface area (Å²) in [4.78, 5) is 32.0. The summed E-state index contributed by atoms with van der Waals surface area (Å²) < 4.78 is 1.97. The fourth-order valence-electron chi connectivity index (χ4n) is 3.36. The van der Waals surface area contributed by atoms with Gasteiger partial charge >= 0.3 is 0 Å². The number of nitrogens with one attached hydrogen (secondary N) is 1. The van der Waals surface area contributed by atoms with Gasteiger partial charge in [-0.3, -0.25) is 9.59 Å². The number of carbonyl (C=O) groups is 2. The van der Waals surface area contributed by atoms with E-state index in [1.807, 2.05) is 47.0 Å². The van der Waals surface area contributed by atoms with Gasteiger partial charge in [0.2, 0.25) is 11.8 Å². The second kappa shape index (κ2) is 7.76. The Morgan fingerprint density at radius 2 is 1.78 bits per heavy atom. The van der Waals surface area contributed by atoms with Gasteiger partial charge in [-0.2, -0.15) is 0 Å². The van der Waals surface area contributed by atoms with E-state index in [0.717, 1.165) is 41.4 Å². The minimum Gasteiger partial charge on any atom is -0.342 e. The third-order valence-electron chi connectivity index (χ3n) is 5.21. The van der Waals surface area contributed by atoms with Crippen LogP contribution in [0.3, 0.4) is 0 Å². The van der Waals surface area contributed by atoms with E-state index in [1.54, 1.807) is 18.0 Å². The molecule has 0 radical (unpaired) electrons. The second-order valence-electron chi connectivity index (χ2n) is 7.31. The number of hydrogen-bond acceptors (Lipinski definition) is 4. The Labute approximate surface area is 163 Å². The molecule has 2 fully saturated rings. The van der Waals surface area contributed by atoms with Gasteiger partial charge in [-0.15, -0.1) is 0 Å². The lowest BCUT2D eigenvalue weighted by atomic mass is 9.95. The maximum absolute atomic E-state index is 12.5. The number of hydrogen-bond donors (Lipinski definition) is 1. The largest absolute Gasteiger partial charge is 0.342 e. The molecule has 0 bridgehead atoms. The second-order valence-corrected chi connectivity index (χ2v) is 8.35. The third kappa shape index (κ3) is 4.35. The minimum absolute atomic E-state index is 0.0186. The number of carbonyl (C=O) groups excluding carboxylic acids is 2. The van der Waals surface area contributed by atoms with Gasteiger partial charge in [0, 0.05) is 54.9 Å². The predicted octanol–water partition coefficient (Wildman–Crippen LogP) is 3.16. The lowest BCUT2D eigenvalue weighted by Crippen LogP contribution is -2.42. The zero-order valence-electron chi connectivity index (χ0n) is 15.4. The number of anilines is 1. The van der Waals surface area contributed by atoms with Crippen molar-refractivity contribution in [3.63, 3.8) is 0 Å². The van der Waals surface area contributed by atoms with Gasteiger partial charge < -0.3 is 14.8 Å². The molecule has 1 aromatic carbocycles. The van der Waals surface area contributed by atoms with Crippen molar-refractivity contribution in [2.75, 3.05) is 18.4 Å². The Morgan fingerprint density at radius 3 is 2.37 bits per heavy atom. The van der Waals surface area contributed by atoms with Crippen LogP contribution in [0.4, 0.5) is 5.69 Å². The highest BCUT2D eigenvalue weighted by Crippen LogP contribution is 2.32. The summed E-state index contributed by atoms with van der Waals surface area (Å²) in [5, 5.41) is 3.95. The Balaban J connectivity index is 1.28. The SMILES string of the molecule is Cn1ccnc1Sc1ccc(NC(=O)C2CCN(C(=O)C3CC3)CC2)cc1. The highest BCUT2D eigenvalue weighted by molar-refractivity contribution is 7.99. The molecule has 2 amide bonds. The summed E-state index contributed by atoms with van der Waals surface area (Å²) in [5.41, 5.74) is 0.806. The number of rotatable bonds is 5. The molecule has 2 aliphatic rings. The first-order valence-corrected chi connectivity index (χ1v) is 10.3. The van der Waals surface area contributed by atoms with E-state index in [-0.39, 0.29) is 23.7 Å². The highest BCUT2D eigenvalue weighted by Gasteiger charge is 2.35. The van der Waals surface area contributed by atoms with Crippen molar-refractivity contribution in [2.24, 2.45) is 18.9 Å². The molecule has 6 nitrogen and oxygen atoms in total. The van der Waals surface area contributed by atoms with Crippen LogP contribution in [0, 0.1) is 11.8 Å². The van der Waals surface area contributed by atoms with Crippen molar-refractivity contribution in [3.8, 4) is 0 Å². The van der Waals surface area contributed by atoms with Crippen molar-refractivity contribution in [3.05, 3.63) is 36.7 Å². The maximum Gasteiger partial charge on any atom is 0.227 e. The molecular weight excluding hydrogens is 360 g/mol. The topological polar surface area (TPSA) is 67.2 Å². The first kappa shape index (κ1) is 18.1. The molecule has 0 atom stereocenters. The van der Waals surface area contributed by atoms with E-state index >= 15 is 0 Å². The lowest BCUT2D eigenvalue weighted by Gasteiger charge is -2.31. The molecule has 1 aliphatic heterocycles. The highest BCUT2D eigenvalue weighted by atomic mass is 32.2. The molecule has 1 aromatic heterocycles. The van der Waals surface area contributed by atoms with E-state index in [2.05, 4.69) is 10.3 Å². The molecule has 27 heavy (non-hydrogen) atoms. The van der Waals surface area contributed by atoms with Crippen LogP contribution < -0.4 is 5.32 Å². The number of amides is 2. The van der Waals surface area contributed by atoms with Crippen LogP contribution in [-0.2, 0) is 16.6 Å². The molecule has 7 heteroatoms. The summed E-state index contributed by atoms with van der Waals surface area (Å²) in [6.45, 7) is 1.40. The number of aromatic nitrogens is 2. The molecule has 1 N–H and O–H groups in total. The zero-order valence-corrected chi connectivity index (χ0v) is 16.2. The normalized spacial score (nSPS) is 17.7. The molecule has 1 saturated heterocycles. The summed E-state index contributed by atoms with van der Waals surface area (Å²) in [5.74, 6) is 0.583. The number of aryl methyl sites for hydroxylation is 1. The quantitative estimate of drug-likeness (QED) is 0.860. The van der Waals surface area contributed by atoms with Crippen LogP contribution >= 0.6 is 11.8 Å². The van der Waals surface area contributed by atoms with E-state index in [1.165, 1.54) is 0 Å². The Bertz CT molecular complexity index is 821. The predicted molar refractivity (Wildman–Crippen MR) is 104 cm³/mol. The number of benzene rings is 1. The average Bonchev–Trinajstić information content (AvgIpc) is 3.46. The van der Waals surface area contributed by atoms with E-state index in [0.29, 0.717) is 13.1 Å². The van der Waals surface area contributed by atoms with Gasteiger partial charge in [0.1, 0.15) is 0 Å². The smallest absolute Gasteiger partial charge is 0.227 e. The van der Waals surface area contributed by atoms with Crippen molar-refractivity contribution in [1.29, 1.82) is 0 Å². The van der Waals surface area contributed by atoms with Crippen molar-refractivity contribution in [1.82, 2.24) is 14.5 Å². The number of nitrogens with zero attached hydrogens (tertiary/aromatic N) is 3. The first-order chi connectivity index (χ1) is 13.1. The number of likely N-dealkylation sites (tertiary alicyclic amines) is 1. The van der Waals surface area contributed by atoms with Gasteiger partial charge in [0.15, 0.2) is 5.16 Å². The molecule has 0 spiro atoms. The maximum atomic E-state index is 12.5. The van der Waals surface area contributed by atoms with Crippen LogP contribution in [0.1, 0.15) is 25.7 Å². The molecule has 1 aliphatic carbocycles. The van der Waals surface area contributed by atoms with Gasteiger partial charge in [-0.05, 0) is 49.9 Å². The number of piperidine rings is 1. The van der Waals surface area contributed by atoms with E-state index < -0.39 is 0 Å². The van der Waals surface area contributed by atoms with Crippen molar-refractivity contribution >= 4 is 29.3 Å². The third-order valence-corrected chi connectivity index (χ3v) is 6.30. The van der Waals surface area contributed by atoms with Gasteiger partial charge in [0.05, 0.1) is 0 Å². The van der Waals surface area contributed by atoms with Crippen molar-refractivity contribution in [2.45, 2.75) is 35.7 Å². The molecule has 2 heterocycles. The Morgan fingerprint density at radius 1 is 1.07 bits per heavy atom. The molecule has 1 saturated carbocycles. The summed E-state index contributed by atoms with van der Waals surface area (Å²) in [7, 11) is 1.97. The van der Waals surface area contributed by atoms with E-state index in [9.17, 15) is 9.59 Å². The van der Waals surface area contributed by atoms with Crippen LogP contribution in [0.25, 0.3) is 0 Å². The Hall–Kier alpha value is -2.28.